The molecule has 0 saturated heterocycles. The maximum atomic E-state index is 5.65. The minimum atomic E-state index is 0.124. The molecule has 2 atom stereocenters. The molecule has 0 aliphatic heterocycles. The molecule has 0 saturated carbocycles. The summed E-state index contributed by atoms with van der Waals surface area (Å²) in [6.07, 6.45) is 3.55. The summed E-state index contributed by atoms with van der Waals surface area (Å²) in [6.45, 7) is 5.64. The van der Waals surface area contributed by atoms with Crippen molar-refractivity contribution in [2.45, 2.75) is 45.3 Å². The van der Waals surface area contributed by atoms with Crippen molar-refractivity contribution in [3.8, 4) is 0 Å². The first-order valence-corrected chi connectivity index (χ1v) is 5.04. The van der Waals surface area contributed by atoms with Gasteiger partial charge in [0.05, 0.1) is 6.10 Å². The number of rotatable bonds is 8. The van der Waals surface area contributed by atoms with Crippen molar-refractivity contribution < 1.29 is 9.47 Å². The van der Waals surface area contributed by atoms with Crippen molar-refractivity contribution in [3.63, 3.8) is 0 Å². The van der Waals surface area contributed by atoms with Gasteiger partial charge in [0.15, 0.2) is 0 Å². The minimum Gasteiger partial charge on any atom is -0.385 e. The summed E-state index contributed by atoms with van der Waals surface area (Å²) < 4.78 is 10.5. The fourth-order valence-corrected chi connectivity index (χ4v) is 0.946. The van der Waals surface area contributed by atoms with Gasteiger partial charge in [0.1, 0.15) is 0 Å². The Labute approximate surface area is 81.6 Å². The third-order valence-corrected chi connectivity index (χ3v) is 2.11. The highest BCUT2D eigenvalue weighted by molar-refractivity contribution is 4.61. The Morgan fingerprint density at radius 3 is 2.23 bits per heavy atom. The molecule has 0 amide bonds. The molecular weight excluding hydrogens is 166 g/mol. The van der Waals surface area contributed by atoms with Crippen LogP contribution in [-0.2, 0) is 9.47 Å². The van der Waals surface area contributed by atoms with Gasteiger partial charge in [-0.15, -0.1) is 0 Å². The van der Waals surface area contributed by atoms with Crippen LogP contribution in [0.15, 0.2) is 0 Å². The number of hydrogen-bond acceptors (Lipinski definition) is 3. The van der Waals surface area contributed by atoms with Crippen LogP contribution in [0.5, 0.6) is 0 Å². The van der Waals surface area contributed by atoms with Crippen molar-refractivity contribution in [2.75, 3.05) is 20.3 Å². The highest BCUT2D eigenvalue weighted by Crippen LogP contribution is 2.00. The van der Waals surface area contributed by atoms with E-state index in [1.54, 1.807) is 7.11 Å². The topological polar surface area (TPSA) is 44.5 Å². The van der Waals surface area contributed by atoms with E-state index in [2.05, 4.69) is 0 Å². The molecule has 2 unspecified atom stereocenters. The lowest BCUT2D eigenvalue weighted by Crippen LogP contribution is -2.31. The molecule has 0 aromatic carbocycles. The second kappa shape index (κ2) is 8.48. The van der Waals surface area contributed by atoms with Gasteiger partial charge in [-0.25, -0.2) is 0 Å². The number of nitrogens with two attached hydrogens (primary N) is 1. The van der Waals surface area contributed by atoms with Crippen LogP contribution in [0.1, 0.15) is 33.1 Å². The molecule has 3 heteroatoms. The number of hydrogen-bond donors (Lipinski definition) is 1. The number of methoxy groups -OCH3 is 1. The zero-order valence-corrected chi connectivity index (χ0v) is 9.08. The van der Waals surface area contributed by atoms with Crippen LogP contribution in [-0.4, -0.2) is 32.5 Å². The van der Waals surface area contributed by atoms with E-state index in [9.17, 15) is 0 Å². The summed E-state index contributed by atoms with van der Waals surface area (Å²) in [7, 11) is 1.73. The third kappa shape index (κ3) is 8.22. The van der Waals surface area contributed by atoms with Gasteiger partial charge in [-0.2, -0.15) is 0 Å². The smallest absolute Gasteiger partial charge is 0.0695 e. The molecule has 0 aliphatic carbocycles. The van der Waals surface area contributed by atoms with E-state index in [0.717, 1.165) is 26.1 Å². The van der Waals surface area contributed by atoms with Crippen molar-refractivity contribution in [3.05, 3.63) is 0 Å². The lowest BCUT2D eigenvalue weighted by molar-refractivity contribution is 0.0487. The maximum absolute atomic E-state index is 5.65. The summed E-state index contributed by atoms with van der Waals surface area (Å²) in [4.78, 5) is 0. The zero-order chi connectivity index (χ0) is 10.1. The molecular formula is C10H23NO2. The van der Waals surface area contributed by atoms with Gasteiger partial charge in [-0.05, 0) is 33.1 Å². The Morgan fingerprint density at radius 1 is 1.08 bits per heavy atom. The van der Waals surface area contributed by atoms with E-state index in [1.807, 2.05) is 13.8 Å². The molecule has 0 bridgehead atoms. The van der Waals surface area contributed by atoms with Crippen LogP contribution in [0.25, 0.3) is 0 Å². The van der Waals surface area contributed by atoms with Gasteiger partial charge in [0.25, 0.3) is 0 Å². The van der Waals surface area contributed by atoms with Gasteiger partial charge in [-0.1, -0.05) is 0 Å². The molecule has 0 spiro atoms. The summed E-state index contributed by atoms with van der Waals surface area (Å²) >= 11 is 0. The monoisotopic (exact) mass is 189 g/mol. The fraction of sp³-hybridized carbons (Fsp3) is 1.00. The Hall–Kier alpha value is -0.120. The first-order chi connectivity index (χ1) is 6.18. The van der Waals surface area contributed by atoms with Crippen LogP contribution in [0, 0.1) is 0 Å². The molecule has 0 radical (unpaired) electrons. The van der Waals surface area contributed by atoms with Gasteiger partial charge in [0.2, 0.25) is 0 Å². The van der Waals surface area contributed by atoms with E-state index in [-0.39, 0.29) is 12.1 Å². The van der Waals surface area contributed by atoms with Crippen molar-refractivity contribution in [1.29, 1.82) is 0 Å². The molecule has 0 heterocycles. The fourth-order valence-electron chi connectivity index (χ4n) is 0.946. The van der Waals surface area contributed by atoms with Crippen molar-refractivity contribution >= 4 is 0 Å². The van der Waals surface area contributed by atoms with Crippen LogP contribution in [0.2, 0.25) is 0 Å². The molecule has 80 valence electrons. The first kappa shape index (κ1) is 12.9. The molecule has 0 rings (SSSR count). The van der Waals surface area contributed by atoms with E-state index in [4.69, 9.17) is 15.2 Å². The Bertz CT molecular complexity index is 107. The van der Waals surface area contributed by atoms with Crippen LogP contribution >= 0.6 is 0 Å². The molecule has 3 nitrogen and oxygen atoms in total. The SMILES string of the molecule is COCCCCCOC(C)C(C)N. The highest BCUT2D eigenvalue weighted by atomic mass is 16.5. The van der Waals surface area contributed by atoms with Gasteiger partial charge < -0.3 is 15.2 Å². The lowest BCUT2D eigenvalue weighted by Gasteiger charge is -2.16. The molecule has 0 fully saturated rings. The average Bonchev–Trinajstić information content (AvgIpc) is 2.10. The minimum absolute atomic E-state index is 0.124. The average molecular weight is 189 g/mol. The highest BCUT2D eigenvalue weighted by Gasteiger charge is 2.06. The largest absolute Gasteiger partial charge is 0.385 e. The Morgan fingerprint density at radius 2 is 1.69 bits per heavy atom. The number of unbranched alkanes of at least 4 members (excludes halogenated alkanes) is 2. The summed E-state index contributed by atoms with van der Waals surface area (Å²) in [5.41, 5.74) is 5.65. The molecule has 0 aromatic heterocycles. The van der Waals surface area contributed by atoms with Gasteiger partial charge in [-0.3, -0.25) is 0 Å². The molecule has 0 aliphatic rings. The van der Waals surface area contributed by atoms with E-state index < -0.39 is 0 Å². The summed E-state index contributed by atoms with van der Waals surface area (Å²) in [5, 5.41) is 0. The van der Waals surface area contributed by atoms with E-state index >= 15 is 0 Å². The van der Waals surface area contributed by atoms with E-state index in [1.165, 1.54) is 6.42 Å². The second-order valence-electron chi connectivity index (χ2n) is 3.49. The Kier molecular flexibility index (Phi) is 8.40. The molecule has 0 aromatic rings. The quantitative estimate of drug-likeness (QED) is 0.589. The predicted molar refractivity (Wildman–Crippen MR) is 54.8 cm³/mol. The van der Waals surface area contributed by atoms with Gasteiger partial charge in [0, 0.05) is 26.4 Å². The van der Waals surface area contributed by atoms with Crippen molar-refractivity contribution in [2.24, 2.45) is 5.73 Å². The molecule has 2 N–H and O–H groups in total. The van der Waals surface area contributed by atoms with Crippen molar-refractivity contribution in [1.82, 2.24) is 0 Å². The number of ether oxygens (including phenoxy) is 2. The lowest BCUT2D eigenvalue weighted by atomic mass is 10.2. The standard InChI is InChI=1S/C10H23NO2/c1-9(11)10(2)13-8-6-4-5-7-12-3/h9-10H,4-8,11H2,1-3H3. The summed E-state index contributed by atoms with van der Waals surface area (Å²) in [6, 6.07) is 0.124. The third-order valence-electron chi connectivity index (χ3n) is 2.11. The molecule has 13 heavy (non-hydrogen) atoms. The predicted octanol–water partition coefficient (Wildman–Crippen LogP) is 1.56. The van der Waals surface area contributed by atoms with Crippen LogP contribution in [0.3, 0.4) is 0 Å². The van der Waals surface area contributed by atoms with Crippen LogP contribution in [0.4, 0.5) is 0 Å². The van der Waals surface area contributed by atoms with E-state index in [0.29, 0.717) is 0 Å². The van der Waals surface area contributed by atoms with Gasteiger partial charge >= 0.3 is 0 Å². The second-order valence-corrected chi connectivity index (χ2v) is 3.49. The maximum Gasteiger partial charge on any atom is 0.0695 e. The zero-order valence-electron chi connectivity index (χ0n) is 9.08. The van der Waals surface area contributed by atoms with Crippen LogP contribution < -0.4 is 5.73 Å². The normalized spacial score (nSPS) is 15.7. The summed E-state index contributed by atoms with van der Waals surface area (Å²) in [5.74, 6) is 0. The Balaban J connectivity index is 3.07. The first-order valence-electron chi connectivity index (χ1n) is 5.04.